The van der Waals surface area contributed by atoms with Crippen LogP contribution < -0.4 is 15.4 Å². The Morgan fingerprint density at radius 3 is 2.77 bits per heavy atom. The lowest BCUT2D eigenvalue weighted by Gasteiger charge is -2.11. The van der Waals surface area contributed by atoms with Gasteiger partial charge in [-0.15, -0.1) is 0 Å². The number of thiocarbonyl (C=S) groups is 1. The second kappa shape index (κ2) is 9.12. The molecule has 0 heterocycles. The summed E-state index contributed by atoms with van der Waals surface area (Å²) in [5, 5.41) is 16.4. The van der Waals surface area contributed by atoms with Gasteiger partial charge in [0.1, 0.15) is 11.4 Å². The molecule has 0 radical (unpaired) electrons. The molecule has 2 aromatic carbocycles. The minimum absolute atomic E-state index is 0.0692. The first-order valence-corrected chi connectivity index (χ1v) is 8.48. The summed E-state index contributed by atoms with van der Waals surface area (Å²) in [5.41, 5.74) is 0.238. The van der Waals surface area contributed by atoms with E-state index in [2.05, 4.69) is 10.6 Å². The Labute approximate surface area is 160 Å². The molecule has 7 nitrogen and oxygen atoms in total. The van der Waals surface area contributed by atoms with Gasteiger partial charge in [-0.05, 0) is 49.0 Å². The van der Waals surface area contributed by atoms with Crippen molar-refractivity contribution in [3.05, 3.63) is 63.2 Å². The highest BCUT2D eigenvalue weighted by molar-refractivity contribution is 7.80. The van der Waals surface area contributed by atoms with Crippen molar-refractivity contribution in [2.45, 2.75) is 13.3 Å². The fourth-order valence-corrected chi connectivity index (χ4v) is 2.41. The van der Waals surface area contributed by atoms with Crippen LogP contribution in [0.1, 0.15) is 23.7 Å². The molecule has 0 unspecified atom stereocenters. The third-order valence-electron chi connectivity index (χ3n) is 3.20. The van der Waals surface area contributed by atoms with Crippen LogP contribution >= 0.6 is 23.8 Å². The summed E-state index contributed by atoms with van der Waals surface area (Å²) in [6, 6.07) is 10.7. The number of nitrogens with zero attached hydrogens (tertiary/aromatic N) is 1. The largest absolute Gasteiger partial charge is 0.494 e. The molecular formula is C17H16ClN3O4S. The van der Waals surface area contributed by atoms with Gasteiger partial charge in [-0.1, -0.05) is 24.6 Å². The van der Waals surface area contributed by atoms with Gasteiger partial charge in [0.25, 0.3) is 11.6 Å². The Balaban J connectivity index is 2.06. The number of amides is 1. The lowest BCUT2D eigenvalue weighted by atomic mass is 10.2. The standard InChI is InChI=1S/C17H16ClN3O4S/c1-2-8-25-13-5-3-4-11(9-13)16(22)20-17(26)19-14-7-6-12(18)10-15(14)21(23)24/h3-7,9-10H,2,8H2,1H3,(H2,19,20,22,26). The molecule has 0 aliphatic heterocycles. The molecule has 0 atom stereocenters. The zero-order valence-electron chi connectivity index (χ0n) is 13.8. The summed E-state index contributed by atoms with van der Waals surface area (Å²) in [5.74, 6) is 0.118. The molecule has 9 heteroatoms. The monoisotopic (exact) mass is 393 g/mol. The molecule has 0 aromatic heterocycles. The fourth-order valence-electron chi connectivity index (χ4n) is 2.04. The van der Waals surface area contributed by atoms with Crippen molar-refractivity contribution in [3.63, 3.8) is 0 Å². The highest BCUT2D eigenvalue weighted by atomic mass is 35.5. The van der Waals surface area contributed by atoms with Gasteiger partial charge < -0.3 is 10.1 Å². The van der Waals surface area contributed by atoms with Gasteiger partial charge in [0, 0.05) is 16.7 Å². The molecule has 2 aromatic rings. The van der Waals surface area contributed by atoms with Crippen molar-refractivity contribution in [2.75, 3.05) is 11.9 Å². The average molecular weight is 394 g/mol. The summed E-state index contributed by atoms with van der Waals surface area (Å²) >= 11 is 10.8. The third-order valence-corrected chi connectivity index (χ3v) is 3.64. The van der Waals surface area contributed by atoms with Crippen LogP contribution in [0.3, 0.4) is 0 Å². The second-order valence-electron chi connectivity index (χ2n) is 5.20. The molecule has 0 aliphatic rings. The maximum absolute atomic E-state index is 12.3. The summed E-state index contributed by atoms with van der Waals surface area (Å²) < 4.78 is 5.48. The fraction of sp³-hybridized carbons (Fsp3) is 0.176. The normalized spacial score (nSPS) is 10.1. The first-order valence-electron chi connectivity index (χ1n) is 7.70. The van der Waals surface area contributed by atoms with Crippen molar-refractivity contribution in [2.24, 2.45) is 0 Å². The van der Waals surface area contributed by atoms with E-state index in [0.717, 1.165) is 6.42 Å². The molecule has 0 saturated carbocycles. The van der Waals surface area contributed by atoms with E-state index in [9.17, 15) is 14.9 Å². The minimum Gasteiger partial charge on any atom is -0.494 e. The number of rotatable bonds is 6. The van der Waals surface area contributed by atoms with E-state index in [1.54, 1.807) is 24.3 Å². The number of ether oxygens (including phenoxy) is 1. The highest BCUT2D eigenvalue weighted by Crippen LogP contribution is 2.27. The van der Waals surface area contributed by atoms with E-state index in [1.807, 2.05) is 6.92 Å². The molecule has 0 bridgehead atoms. The molecule has 0 spiro atoms. The van der Waals surface area contributed by atoms with Crippen molar-refractivity contribution in [1.29, 1.82) is 0 Å². The van der Waals surface area contributed by atoms with Crippen molar-refractivity contribution in [3.8, 4) is 5.75 Å². The Kier molecular flexibility index (Phi) is 6.88. The van der Waals surface area contributed by atoms with E-state index >= 15 is 0 Å². The van der Waals surface area contributed by atoms with E-state index in [-0.39, 0.29) is 21.5 Å². The maximum atomic E-state index is 12.3. The van der Waals surface area contributed by atoms with E-state index in [4.69, 9.17) is 28.6 Å². The van der Waals surface area contributed by atoms with Crippen LogP contribution in [0.2, 0.25) is 5.02 Å². The molecule has 1 amide bonds. The quantitative estimate of drug-likeness (QED) is 0.434. The number of hydrogen-bond donors (Lipinski definition) is 2. The van der Waals surface area contributed by atoms with Crippen LogP contribution in [0.15, 0.2) is 42.5 Å². The number of carbonyl (C=O) groups excluding carboxylic acids is 1. The number of carbonyl (C=O) groups is 1. The summed E-state index contributed by atoms with van der Waals surface area (Å²) in [4.78, 5) is 22.8. The Hall–Kier alpha value is -2.71. The first-order chi connectivity index (χ1) is 12.4. The van der Waals surface area contributed by atoms with Crippen molar-refractivity contribution < 1.29 is 14.5 Å². The predicted octanol–water partition coefficient (Wildman–Crippen LogP) is 4.16. The topological polar surface area (TPSA) is 93.5 Å². The SMILES string of the molecule is CCCOc1cccc(C(=O)NC(=S)Nc2ccc(Cl)cc2[N+](=O)[O-])c1. The van der Waals surface area contributed by atoms with E-state index in [0.29, 0.717) is 17.9 Å². The maximum Gasteiger partial charge on any atom is 0.294 e. The van der Waals surface area contributed by atoms with Gasteiger partial charge in [0.15, 0.2) is 5.11 Å². The Morgan fingerprint density at radius 2 is 2.08 bits per heavy atom. The van der Waals surface area contributed by atoms with Crippen LogP contribution in [0.4, 0.5) is 11.4 Å². The number of benzene rings is 2. The Bertz CT molecular complexity index is 845. The number of nitro benzene ring substituents is 1. The molecule has 0 aliphatic carbocycles. The zero-order chi connectivity index (χ0) is 19.1. The van der Waals surface area contributed by atoms with Crippen molar-refractivity contribution >= 4 is 46.2 Å². The number of anilines is 1. The molecule has 0 saturated heterocycles. The smallest absolute Gasteiger partial charge is 0.294 e. The number of hydrogen-bond acceptors (Lipinski definition) is 5. The van der Waals surface area contributed by atoms with E-state index in [1.165, 1.54) is 18.2 Å². The van der Waals surface area contributed by atoms with Gasteiger partial charge in [0.05, 0.1) is 11.5 Å². The molecule has 0 fully saturated rings. The third kappa shape index (κ3) is 5.40. The lowest BCUT2D eigenvalue weighted by Crippen LogP contribution is -2.34. The lowest BCUT2D eigenvalue weighted by molar-refractivity contribution is -0.383. The van der Waals surface area contributed by atoms with Crippen LogP contribution in [0.25, 0.3) is 0 Å². The van der Waals surface area contributed by atoms with Gasteiger partial charge in [0.2, 0.25) is 0 Å². The molecule has 136 valence electrons. The van der Waals surface area contributed by atoms with Gasteiger partial charge >= 0.3 is 0 Å². The van der Waals surface area contributed by atoms with Crippen LogP contribution in [0, 0.1) is 10.1 Å². The first kappa shape index (κ1) is 19.6. The van der Waals surface area contributed by atoms with Gasteiger partial charge in [-0.3, -0.25) is 20.2 Å². The number of nitro groups is 1. The van der Waals surface area contributed by atoms with Gasteiger partial charge in [-0.2, -0.15) is 0 Å². The number of nitrogens with one attached hydrogen (secondary N) is 2. The van der Waals surface area contributed by atoms with Crippen LogP contribution in [0.5, 0.6) is 5.75 Å². The Morgan fingerprint density at radius 1 is 1.31 bits per heavy atom. The predicted molar refractivity (Wildman–Crippen MR) is 104 cm³/mol. The molecule has 26 heavy (non-hydrogen) atoms. The summed E-state index contributed by atoms with van der Waals surface area (Å²) in [7, 11) is 0. The van der Waals surface area contributed by atoms with Gasteiger partial charge in [-0.25, -0.2) is 0 Å². The van der Waals surface area contributed by atoms with Crippen LogP contribution in [-0.2, 0) is 0 Å². The molecule has 2 rings (SSSR count). The van der Waals surface area contributed by atoms with Crippen LogP contribution in [-0.4, -0.2) is 22.5 Å². The zero-order valence-corrected chi connectivity index (χ0v) is 15.4. The summed E-state index contributed by atoms with van der Waals surface area (Å²) in [6.07, 6.45) is 0.851. The molecular weight excluding hydrogens is 378 g/mol. The average Bonchev–Trinajstić information content (AvgIpc) is 2.61. The molecule has 2 N–H and O–H groups in total. The van der Waals surface area contributed by atoms with Crippen molar-refractivity contribution in [1.82, 2.24) is 5.32 Å². The highest BCUT2D eigenvalue weighted by Gasteiger charge is 2.16. The second-order valence-corrected chi connectivity index (χ2v) is 6.05. The van der Waals surface area contributed by atoms with E-state index < -0.39 is 10.8 Å². The minimum atomic E-state index is -0.590. The summed E-state index contributed by atoms with van der Waals surface area (Å²) in [6.45, 7) is 2.53. The number of halogens is 1.